The first-order chi connectivity index (χ1) is 16.0. The van der Waals surface area contributed by atoms with Gasteiger partial charge < -0.3 is 24.3 Å². The minimum atomic E-state index is -0.301. The molecular formula is C24H26ClN3O4S. The maximum atomic E-state index is 13.4. The second-order valence-corrected chi connectivity index (χ2v) is 9.12. The van der Waals surface area contributed by atoms with Crippen molar-refractivity contribution in [1.82, 2.24) is 15.1 Å². The van der Waals surface area contributed by atoms with Crippen molar-refractivity contribution in [2.75, 3.05) is 26.2 Å². The van der Waals surface area contributed by atoms with Crippen LogP contribution in [0, 0.1) is 0 Å². The van der Waals surface area contributed by atoms with Crippen LogP contribution in [0.3, 0.4) is 0 Å². The largest absolute Gasteiger partial charge is 0.491 e. The number of hydrogen-bond donors (Lipinski definition) is 1. The van der Waals surface area contributed by atoms with Gasteiger partial charge in [0.15, 0.2) is 0 Å². The Morgan fingerprint density at radius 1 is 1.27 bits per heavy atom. The molecule has 0 unspecified atom stereocenters. The Kier molecular flexibility index (Phi) is 7.57. The number of urea groups is 1. The van der Waals surface area contributed by atoms with E-state index in [0.717, 1.165) is 12.0 Å². The summed E-state index contributed by atoms with van der Waals surface area (Å²) in [7, 11) is 0. The summed E-state index contributed by atoms with van der Waals surface area (Å²) in [6.45, 7) is 3.37. The molecule has 0 radical (unpaired) electrons. The van der Waals surface area contributed by atoms with E-state index in [9.17, 15) is 9.59 Å². The average Bonchev–Trinajstić information content (AvgIpc) is 3.50. The quantitative estimate of drug-likeness (QED) is 0.498. The summed E-state index contributed by atoms with van der Waals surface area (Å²) in [5, 5.41) is 5.47. The van der Waals surface area contributed by atoms with Crippen molar-refractivity contribution < 1.29 is 18.7 Å². The van der Waals surface area contributed by atoms with Gasteiger partial charge in [-0.3, -0.25) is 4.79 Å². The maximum absolute atomic E-state index is 13.4. The van der Waals surface area contributed by atoms with Crippen molar-refractivity contribution in [2.24, 2.45) is 0 Å². The molecule has 1 N–H and O–H groups in total. The van der Waals surface area contributed by atoms with Crippen molar-refractivity contribution in [3.8, 4) is 5.75 Å². The predicted octanol–water partition coefficient (Wildman–Crippen LogP) is 4.73. The van der Waals surface area contributed by atoms with Crippen molar-refractivity contribution >= 4 is 34.9 Å². The van der Waals surface area contributed by atoms with Gasteiger partial charge in [-0.25, -0.2) is 4.79 Å². The highest BCUT2D eigenvalue weighted by atomic mass is 35.5. The number of rotatable bonds is 8. The first-order valence-electron chi connectivity index (χ1n) is 10.8. The lowest BCUT2D eigenvalue weighted by atomic mass is 10.0. The summed E-state index contributed by atoms with van der Waals surface area (Å²) in [6.07, 6.45) is 2.34. The number of carbonyl (C=O) groups excluding carboxylic acids is 2. The number of hydrogen-bond acceptors (Lipinski definition) is 5. The number of nitrogens with zero attached hydrogens (tertiary/aromatic N) is 2. The van der Waals surface area contributed by atoms with Gasteiger partial charge in [0.05, 0.1) is 18.8 Å². The Balaban J connectivity index is 1.50. The van der Waals surface area contributed by atoms with Gasteiger partial charge in [0.25, 0.3) is 0 Å². The number of furan rings is 1. The molecule has 0 aliphatic carbocycles. The van der Waals surface area contributed by atoms with Crippen LogP contribution in [0.5, 0.6) is 5.75 Å². The lowest BCUT2D eigenvalue weighted by molar-refractivity contribution is -0.135. The monoisotopic (exact) mass is 487 g/mol. The molecule has 3 aromatic rings. The van der Waals surface area contributed by atoms with Crippen LogP contribution in [0.1, 0.15) is 29.2 Å². The minimum absolute atomic E-state index is 0.0521. The van der Waals surface area contributed by atoms with E-state index in [1.165, 1.54) is 9.78 Å². The zero-order valence-corrected chi connectivity index (χ0v) is 19.9. The van der Waals surface area contributed by atoms with E-state index in [0.29, 0.717) is 36.2 Å². The van der Waals surface area contributed by atoms with Crippen molar-refractivity contribution in [3.05, 3.63) is 75.3 Å². The molecule has 7 nitrogen and oxygen atoms in total. The van der Waals surface area contributed by atoms with E-state index < -0.39 is 0 Å². The van der Waals surface area contributed by atoms with Crippen LogP contribution in [0.25, 0.3) is 0 Å². The number of benzene rings is 1. The molecule has 3 heterocycles. The number of amides is 3. The molecule has 9 heteroatoms. The van der Waals surface area contributed by atoms with Gasteiger partial charge in [-0.2, -0.15) is 0 Å². The summed E-state index contributed by atoms with van der Waals surface area (Å²) in [5.41, 5.74) is 1.10. The minimum Gasteiger partial charge on any atom is -0.491 e. The third kappa shape index (κ3) is 5.69. The lowest BCUT2D eigenvalue weighted by Gasteiger charge is -2.37. The van der Waals surface area contributed by atoms with Gasteiger partial charge in [0, 0.05) is 23.0 Å². The first kappa shape index (κ1) is 23.2. The Morgan fingerprint density at radius 2 is 2.09 bits per heavy atom. The molecule has 3 amide bonds. The van der Waals surface area contributed by atoms with Crippen molar-refractivity contribution in [1.29, 1.82) is 0 Å². The molecule has 0 fully saturated rings. The fourth-order valence-corrected chi connectivity index (χ4v) is 4.94. The van der Waals surface area contributed by atoms with Crippen molar-refractivity contribution in [2.45, 2.75) is 25.9 Å². The van der Waals surface area contributed by atoms with Crippen LogP contribution in [0.2, 0.25) is 5.02 Å². The molecule has 1 aliphatic rings. The standard InChI is InChI=1S/C24H26ClN3O4S/c1-2-26-24(30)27(14-19-4-3-12-31-19)15-23(29)28-11-9-22-20(10-13-33-22)21(28)16-32-18-7-5-17(25)6-8-18/h3-8,10,12-13,21H,2,9,11,14-16H2,1H3,(H,26,30)/t21-/m1/s1. The van der Waals surface area contributed by atoms with Crippen LogP contribution in [0.4, 0.5) is 4.79 Å². The normalized spacial score (nSPS) is 15.1. The Bertz CT molecular complexity index is 1070. The first-order valence-corrected chi connectivity index (χ1v) is 12.1. The van der Waals surface area contributed by atoms with Crippen LogP contribution in [-0.4, -0.2) is 48.0 Å². The Labute approximate surface area is 201 Å². The van der Waals surface area contributed by atoms with E-state index in [-0.39, 0.29) is 31.1 Å². The lowest BCUT2D eigenvalue weighted by Crippen LogP contribution is -2.49. The number of ether oxygens (including phenoxy) is 1. The van der Waals surface area contributed by atoms with Gasteiger partial charge in [0.1, 0.15) is 24.7 Å². The molecule has 4 rings (SSSR count). The Morgan fingerprint density at radius 3 is 2.82 bits per heavy atom. The molecule has 0 spiro atoms. The van der Waals surface area contributed by atoms with Crippen LogP contribution >= 0.6 is 22.9 Å². The summed E-state index contributed by atoms with van der Waals surface area (Å²) in [5.74, 6) is 1.18. The summed E-state index contributed by atoms with van der Waals surface area (Å²) < 4.78 is 11.4. The average molecular weight is 488 g/mol. The highest BCUT2D eigenvalue weighted by Gasteiger charge is 2.33. The molecule has 2 aromatic heterocycles. The molecule has 0 saturated heterocycles. The van der Waals surface area contributed by atoms with E-state index in [4.69, 9.17) is 20.8 Å². The van der Waals surface area contributed by atoms with E-state index >= 15 is 0 Å². The van der Waals surface area contributed by atoms with Gasteiger partial charge in [-0.1, -0.05) is 11.6 Å². The van der Waals surface area contributed by atoms with Crippen LogP contribution < -0.4 is 10.1 Å². The zero-order chi connectivity index (χ0) is 23.2. The molecule has 33 heavy (non-hydrogen) atoms. The molecule has 1 aromatic carbocycles. The number of nitrogens with one attached hydrogen (secondary N) is 1. The topological polar surface area (TPSA) is 75.0 Å². The molecule has 174 valence electrons. The van der Waals surface area contributed by atoms with E-state index in [2.05, 4.69) is 11.4 Å². The van der Waals surface area contributed by atoms with Gasteiger partial charge in [-0.05, 0) is 66.8 Å². The molecular weight excluding hydrogens is 462 g/mol. The molecule has 1 atom stereocenters. The maximum Gasteiger partial charge on any atom is 0.318 e. The second kappa shape index (κ2) is 10.8. The van der Waals surface area contributed by atoms with Gasteiger partial charge in [-0.15, -0.1) is 11.3 Å². The van der Waals surface area contributed by atoms with Crippen molar-refractivity contribution in [3.63, 3.8) is 0 Å². The van der Waals surface area contributed by atoms with E-state index in [1.807, 2.05) is 29.3 Å². The summed E-state index contributed by atoms with van der Waals surface area (Å²) >= 11 is 7.67. The van der Waals surface area contributed by atoms with Gasteiger partial charge in [0.2, 0.25) is 5.91 Å². The SMILES string of the molecule is CCNC(=O)N(CC(=O)N1CCc2sccc2[C@H]1COc1ccc(Cl)cc1)Cc1ccco1. The highest BCUT2D eigenvalue weighted by molar-refractivity contribution is 7.10. The van der Waals surface area contributed by atoms with Crippen LogP contribution in [-0.2, 0) is 17.8 Å². The highest BCUT2D eigenvalue weighted by Crippen LogP contribution is 2.34. The third-order valence-corrected chi connectivity index (χ3v) is 6.75. The molecule has 0 bridgehead atoms. The van der Waals surface area contributed by atoms with Crippen LogP contribution in [0.15, 0.2) is 58.5 Å². The third-order valence-electron chi connectivity index (χ3n) is 5.50. The molecule has 0 saturated carbocycles. The second-order valence-electron chi connectivity index (χ2n) is 7.69. The predicted molar refractivity (Wildman–Crippen MR) is 128 cm³/mol. The smallest absolute Gasteiger partial charge is 0.318 e. The number of thiophene rings is 1. The van der Waals surface area contributed by atoms with E-state index in [1.54, 1.807) is 41.9 Å². The number of fused-ring (bicyclic) bond motifs is 1. The fraction of sp³-hybridized carbons (Fsp3) is 0.333. The summed E-state index contributed by atoms with van der Waals surface area (Å²) in [4.78, 5) is 30.6. The number of halogens is 1. The zero-order valence-electron chi connectivity index (χ0n) is 18.3. The van der Waals surface area contributed by atoms with Gasteiger partial charge >= 0.3 is 6.03 Å². The fourth-order valence-electron chi connectivity index (χ4n) is 3.89. The number of carbonyl (C=O) groups is 2. The summed E-state index contributed by atoms with van der Waals surface area (Å²) in [6, 6.07) is 12.2. The Hall–Kier alpha value is -2.97. The molecule has 1 aliphatic heterocycles.